The van der Waals surface area contributed by atoms with Crippen molar-refractivity contribution in [1.82, 2.24) is 14.9 Å². The molecular formula is C14H13N5OS. The second-order valence-electron chi connectivity index (χ2n) is 4.58. The molecule has 1 atom stereocenters. The quantitative estimate of drug-likeness (QED) is 0.775. The van der Waals surface area contributed by atoms with E-state index in [0.717, 1.165) is 28.0 Å². The molecule has 1 aliphatic heterocycles. The highest BCUT2D eigenvalue weighted by atomic mass is 32.2. The molecule has 0 saturated heterocycles. The Labute approximate surface area is 125 Å². The Morgan fingerprint density at radius 3 is 2.95 bits per heavy atom. The summed E-state index contributed by atoms with van der Waals surface area (Å²) in [7, 11) is 1.90. The molecular weight excluding hydrogens is 286 g/mol. The van der Waals surface area contributed by atoms with Crippen LogP contribution in [0.5, 0.6) is 0 Å². The van der Waals surface area contributed by atoms with Crippen LogP contribution in [0.15, 0.2) is 52.2 Å². The Morgan fingerprint density at radius 1 is 1.24 bits per heavy atom. The highest BCUT2D eigenvalue weighted by Crippen LogP contribution is 2.41. The molecule has 3 heterocycles. The number of furan rings is 1. The lowest BCUT2D eigenvalue weighted by atomic mass is 10.1. The first-order valence-electron chi connectivity index (χ1n) is 6.56. The van der Waals surface area contributed by atoms with Crippen molar-refractivity contribution in [3.63, 3.8) is 0 Å². The molecule has 1 aliphatic rings. The maximum Gasteiger partial charge on any atom is 0.212 e. The molecule has 21 heavy (non-hydrogen) atoms. The Morgan fingerprint density at radius 2 is 2.14 bits per heavy atom. The lowest BCUT2D eigenvalue weighted by Gasteiger charge is -2.11. The highest BCUT2D eigenvalue weighted by Gasteiger charge is 2.30. The molecule has 106 valence electrons. The van der Waals surface area contributed by atoms with Crippen molar-refractivity contribution in [3.05, 3.63) is 48.4 Å². The Hall–Kier alpha value is -2.41. The van der Waals surface area contributed by atoms with Gasteiger partial charge in [0.15, 0.2) is 11.2 Å². The molecule has 7 heteroatoms. The monoisotopic (exact) mass is 299 g/mol. The van der Waals surface area contributed by atoms with Crippen LogP contribution in [-0.4, -0.2) is 21.9 Å². The van der Waals surface area contributed by atoms with Gasteiger partial charge in [-0.1, -0.05) is 12.1 Å². The number of hydrogen-bond donors (Lipinski definition) is 2. The van der Waals surface area contributed by atoms with E-state index in [4.69, 9.17) is 4.42 Å². The summed E-state index contributed by atoms with van der Waals surface area (Å²) in [5.74, 6) is 1.66. The average molecular weight is 299 g/mol. The fourth-order valence-corrected chi connectivity index (χ4v) is 3.30. The van der Waals surface area contributed by atoms with Gasteiger partial charge in [-0.2, -0.15) is 0 Å². The van der Waals surface area contributed by atoms with E-state index in [1.54, 1.807) is 18.0 Å². The number of rotatable bonds is 3. The van der Waals surface area contributed by atoms with Gasteiger partial charge in [0.25, 0.3) is 0 Å². The van der Waals surface area contributed by atoms with E-state index in [0.29, 0.717) is 0 Å². The van der Waals surface area contributed by atoms with Gasteiger partial charge in [0.05, 0.1) is 6.26 Å². The molecule has 0 spiro atoms. The van der Waals surface area contributed by atoms with E-state index in [2.05, 4.69) is 20.9 Å². The van der Waals surface area contributed by atoms with Crippen molar-refractivity contribution in [2.75, 3.05) is 17.8 Å². The van der Waals surface area contributed by atoms with E-state index >= 15 is 0 Å². The van der Waals surface area contributed by atoms with Crippen LogP contribution in [0.2, 0.25) is 0 Å². The van der Waals surface area contributed by atoms with Crippen LogP contribution in [0, 0.1) is 0 Å². The third-order valence-corrected chi connectivity index (χ3v) is 4.39. The van der Waals surface area contributed by atoms with Gasteiger partial charge in [0.1, 0.15) is 5.76 Å². The fraction of sp³-hybridized carbons (Fsp3) is 0.143. The normalized spacial score (nSPS) is 16.5. The molecule has 0 aliphatic carbocycles. The van der Waals surface area contributed by atoms with Crippen LogP contribution in [0.1, 0.15) is 11.1 Å². The lowest BCUT2D eigenvalue weighted by Crippen LogP contribution is -2.13. The van der Waals surface area contributed by atoms with Gasteiger partial charge < -0.3 is 15.2 Å². The summed E-state index contributed by atoms with van der Waals surface area (Å²) >= 11 is 1.59. The van der Waals surface area contributed by atoms with E-state index < -0.39 is 0 Å². The third kappa shape index (κ3) is 1.97. The molecule has 3 aromatic rings. The van der Waals surface area contributed by atoms with E-state index in [9.17, 15) is 0 Å². The molecule has 0 fully saturated rings. The largest absolute Gasteiger partial charge is 0.466 e. The summed E-state index contributed by atoms with van der Waals surface area (Å²) in [6.45, 7) is 0. The molecule has 1 unspecified atom stereocenters. The number of nitrogens with one attached hydrogen (secondary N) is 2. The zero-order valence-corrected chi connectivity index (χ0v) is 12.1. The summed E-state index contributed by atoms with van der Waals surface area (Å²) in [4.78, 5) is 0. The summed E-state index contributed by atoms with van der Waals surface area (Å²) in [5.41, 5.74) is 5.39. The summed E-state index contributed by atoms with van der Waals surface area (Å²) in [6.07, 6.45) is 1.67. The minimum atomic E-state index is 0.0194. The number of para-hydroxylation sites is 1. The first kappa shape index (κ1) is 12.3. The minimum absolute atomic E-state index is 0.0194. The van der Waals surface area contributed by atoms with Crippen LogP contribution in [0.3, 0.4) is 0 Å². The van der Waals surface area contributed by atoms with Gasteiger partial charge in [0.2, 0.25) is 5.16 Å². The number of hydrogen-bond acceptors (Lipinski definition) is 6. The van der Waals surface area contributed by atoms with Crippen molar-refractivity contribution in [2.45, 2.75) is 10.5 Å². The Kier molecular flexibility index (Phi) is 2.85. The topological polar surface area (TPSA) is 67.9 Å². The molecule has 2 aromatic heterocycles. The Balaban J connectivity index is 1.73. The first-order valence-corrected chi connectivity index (χ1v) is 7.44. The summed E-state index contributed by atoms with van der Waals surface area (Å²) in [5, 5.41) is 12.6. The van der Waals surface area contributed by atoms with Crippen LogP contribution in [0.4, 0.5) is 5.69 Å². The number of benzene rings is 1. The van der Waals surface area contributed by atoms with Crippen LogP contribution in [-0.2, 0) is 0 Å². The van der Waals surface area contributed by atoms with Gasteiger partial charge in [-0.25, -0.2) is 4.68 Å². The van der Waals surface area contributed by atoms with Gasteiger partial charge in [-0.15, -0.1) is 10.2 Å². The van der Waals surface area contributed by atoms with E-state index in [-0.39, 0.29) is 5.37 Å². The molecule has 4 rings (SSSR count). The fourth-order valence-electron chi connectivity index (χ4n) is 2.34. The minimum Gasteiger partial charge on any atom is -0.466 e. The highest BCUT2D eigenvalue weighted by molar-refractivity contribution is 7.99. The second kappa shape index (κ2) is 4.85. The van der Waals surface area contributed by atoms with Crippen LogP contribution in [0.25, 0.3) is 11.4 Å². The number of anilines is 1. The molecule has 1 aromatic carbocycles. The molecule has 0 amide bonds. The molecule has 2 N–H and O–H groups in total. The van der Waals surface area contributed by atoms with Crippen molar-refractivity contribution in [1.29, 1.82) is 0 Å². The van der Waals surface area contributed by atoms with Crippen molar-refractivity contribution < 1.29 is 4.42 Å². The van der Waals surface area contributed by atoms with Gasteiger partial charge in [0, 0.05) is 18.3 Å². The number of nitrogens with zero attached hydrogens (tertiary/aromatic N) is 3. The zero-order chi connectivity index (χ0) is 14.2. The van der Waals surface area contributed by atoms with Gasteiger partial charge in [-0.05, 0) is 36.0 Å². The third-order valence-electron chi connectivity index (χ3n) is 3.34. The standard InChI is InChI=1S/C14H13N5OS/c1-15-10-6-3-2-5-9(10)12-16-17-14-19(12)18-13(21-14)11-7-4-8-20-11/h2-8,13,15,18H,1H3. The van der Waals surface area contributed by atoms with E-state index in [1.807, 2.05) is 48.1 Å². The number of aromatic nitrogens is 3. The number of fused-ring (bicyclic) bond motifs is 1. The maximum atomic E-state index is 5.45. The zero-order valence-electron chi connectivity index (χ0n) is 11.3. The molecule has 0 saturated carbocycles. The Bertz CT molecular complexity index is 768. The van der Waals surface area contributed by atoms with Gasteiger partial charge >= 0.3 is 0 Å². The van der Waals surface area contributed by atoms with Crippen molar-refractivity contribution in [3.8, 4) is 11.4 Å². The SMILES string of the molecule is CNc1ccccc1-c1nnc2n1NC(c1ccco1)S2. The average Bonchev–Trinajstić information content (AvgIpc) is 3.22. The maximum absolute atomic E-state index is 5.45. The molecule has 6 nitrogen and oxygen atoms in total. The molecule has 0 radical (unpaired) electrons. The van der Waals surface area contributed by atoms with Crippen molar-refractivity contribution in [2.24, 2.45) is 0 Å². The van der Waals surface area contributed by atoms with Crippen LogP contribution >= 0.6 is 11.8 Å². The predicted octanol–water partition coefficient (Wildman–Crippen LogP) is 2.93. The smallest absolute Gasteiger partial charge is 0.212 e. The summed E-state index contributed by atoms with van der Waals surface area (Å²) < 4.78 is 7.36. The lowest BCUT2D eigenvalue weighted by molar-refractivity contribution is 0.509. The number of thioether (sulfide) groups is 1. The summed E-state index contributed by atoms with van der Waals surface area (Å²) in [6, 6.07) is 11.9. The van der Waals surface area contributed by atoms with Crippen molar-refractivity contribution >= 4 is 17.4 Å². The predicted molar refractivity (Wildman–Crippen MR) is 81.7 cm³/mol. The molecule has 0 bridgehead atoms. The van der Waals surface area contributed by atoms with E-state index in [1.165, 1.54) is 0 Å². The first-order chi connectivity index (χ1) is 10.4. The van der Waals surface area contributed by atoms with Gasteiger partial charge in [-0.3, -0.25) is 0 Å². The van der Waals surface area contributed by atoms with Crippen LogP contribution < -0.4 is 10.7 Å². The second-order valence-corrected chi connectivity index (χ2v) is 5.65.